The number of nitrogens with one attached hydrogen (secondary N) is 2. The van der Waals surface area contributed by atoms with Gasteiger partial charge in [0, 0.05) is 38.5 Å². The van der Waals surface area contributed by atoms with Gasteiger partial charge < -0.3 is 10.6 Å². The van der Waals surface area contributed by atoms with Crippen LogP contribution in [-0.2, 0) is 22.9 Å². The molecular weight excluding hydrogens is 523 g/mol. The van der Waals surface area contributed by atoms with Crippen LogP contribution >= 0.6 is 24.0 Å². The third kappa shape index (κ3) is 11.5. The van der Waals surface area contributed by atoms with Gasteiger partial charge in [-0.1, -0.05) is 38.1 Å². The third-order valence-electron chi connectivity index (χ3n) is 5.44. The van der Waals surface area contributed by atoms with Crippen molar-refractivity contribution in [2.75, 3.05) is 31.6 Å². The Morgan fingerprint density at radius 2 is 1.74 bits per heavy atom. The van der Waals surface area contributed by atoms with E-state index in [1.807, 2.05) is 13.8 Å². The van der Waals surface area contributed by atoms with Crippen LogP contribution in [0, 0.1) is 11.8 Å². The summed E-state index contributed by atoms with van der Waals surface area (Å²) in [4.78, 5) is 7.23. The average molecular weight is 565 g/mol. The molecule has 1 aliphatic heterocycles. The monoisotopic (exact) mass is 564 g/mol. The fourth-order valence-electron chi connectivity index (χ4n) is 4.12. The van der Waals surface area contributed by atoms with E-state index in [0.29, 0.717) is 13.0 Å². The summed E-state index contributed by atoms with van der Waals surface area (Å²) in [7, 11) is -2.95. The van der Waals surface area contributed by atoms with Gasteiger partial charge in [0.1, 0.15) is 9.84 Å². The van der Waals surface area contributed by atoms with Gasteiger partial charge in [0.05, 0.1) is 12.3 Å². The molecule has 0 aliphatic carbocycles. The molecule has 0 radical (unpaired) electrons. The van der Waals surface area contributed by atoms with E-state index in [-0.39, 0.29) is 35.8 Å². The SMILES string of the molecule is CCNC(=NCc1ccc(CN2CC(C)CC(C)C2)cc1)NC(C)CCS(C)(=O)=O.I. The fraction of sp³-hybridized carbons (Fsp3) is 0.696. The Bertz CT molecular complexity index is 773. The summed E-state index contributed by atoms with van der Waals surface area (Å²) in [5, 5.41) is 6.54. The van der Waals surface area contributed by atoms with Crippen LogP contribution in [0.2, 0.25) is 0 Å². The van der Waals surface area contributed by atoms with E-state index in [0.717, 1.165) is 30.9 Å². The Balaban J connectivity index is 0.00000480. The van der Waals surface area contributed by atoms with Crippen LogP contribution in [-0.4, -0.2) is 57.0 Å². The van der Waals surface area contributed by atoms with Crippen molar-refractivity contribution in [1.82, 2.24) is 15.5 Å². The predicted octanol–water partition coefficient (Wildman–Crippen LogP) is 3.66. The van der Waals surface area contributed by atoms with E-state index in [2.05, 4.69) is 58.6 Å². The molecule has 178 valence electrons. The van der Waals surface area contributed by atoms with Crippen molar-refractivity contribution in [3.8, 4) is 0 Å². The molecule has 0 spiro atoms. The van der Waals surface area contributed by atoms with Crippen molar-refractivity contribution in [1.29, 1.82) is 0 Å². The van der Waals surface area contributed by atoms with E-state index >= 15 is 0 Å². The molecule has 0 aromatic heterocycles. The van der Waals surface area contributed by atoms with Gasteiger partial charge in [0.25, 0.3) is 0 Å². The molecule has 31 heavy (non-hydrogen) atoms. The molecule has 1 aromatic carbocycles. The van der Waals surface area contributed by atoms with Crippen LogP contribution in [0.5, 0.6) is 0 Å². The highest BCUT2D eigenvalue weighted by Crippen LogP contribution is 2.22. The van der Waals surface area contributed by atoms with Crippen molar-refractivity contribution in [2.24, 2.45) is 16.8 Å². The number of likely N-dealkylation sites (tertiary alicyclic amines) is 1. The molecule has 1 saturated heterocycles. The first-order valence-corrected chi connectivity index (χ1v) is 13.2. The van der Waals surface area contributed by atoms with E-state index in [1.54, 1.807) is 0 Å². The zero-order valence-electron chi connectivity index (χ0n) is 19.7. The van der Waals surface area contributed by atoms with Crippen LogP contribution in [0.3, 0.4) is 0 Å². The molecule has 1 aromatic rings. The summed E-state index contributed by atoms with van der Waals surface area (Å²) in [6.07, 6.45) is 3.17. The second-order valence-corrected chi connectivity index (χ2v) is 11.4. The number of rotatable bonds is 9. The maximum atomic E-state index is 11.4. The van der Waals surface area contributed by atoms with Crippen LogP contribution < -0.4 is 10.6 Å². The van der Waals surface area contributed by atoms with Crippen LogP contribution in [0.4, 0.5) is 0 Å². The zero-order chi connectivity index (χ0) is 22.1. The molecule has 0 bridgehead atoms. The first-order chi connectivity index (χ1) is 14.1. The molecular formula is C23H41IN4O2S. The Morgan fingerprint density at radius 3 is 2.29 bits per heavy atom. The summed E-state index contributed by atoms with van der Waals surface area (Å²) in [6, 6.07) is 8.78. The van der Waals surface area contributed by atoms with Crippen LogP contribution in [0.15, 0.2) is 29.3 Å². The minimum atomic E-state index is -2.95. The number of hydrogen-bond acceptors (Lipinski definition) is 4. The van der Waals surface area contributed by atoms with Crippen molar-refractivity contribution in [3.63, 3.8) is 0 Å². The fourth-order valence-corrected chi connectivity index (χ4v) is 4.90. The number of halogens is 1. The highest BCUT2D eigenvalue weighted by atomic mass is 127. The molecule has 8 heteroatoms. The second kappa shape index (κ2) is 13.6. The quantitative estimate of drug-likeness (QED) is 0.272. The smallest absolute Gasteiger partial charge is 0.191 e. The Hall–Kier alpha value is -0.870. The van der Waals surface area contributed by atoms with Gasteiger partial charge in [0.15, 0.2) is 5.96 Å². The molecule has 1 aliphatic rings. The lowest BCUT2D eigenvalue weighted by Gasteiger charge is -2.35. The summed E-state index contributed by atoms with van der Waals surface area (Å²) in [6.45, 7) is 13.4. The van der Waals surface area contributed by atoms with Gasteiger partial charge >= 0.3 is 0 Å². The van der Waals surface area contributed by atoms with E-state index in [4.69, 9.17) is 0 Å². The number of hydrogen-bond donors (Lipinski definition) is 2. The standard InChI is InChI=1S/C23H40N4O2S.HI/c1-6-24-23(26-20(4)11-12-30(5,28)29)25-14-21-7-9-22(10-8-21)17-27-15-18(2)13-19(3)16-27;/h7-10,18-20H,6,11-17H2,1-5H3,(H2,24,25,26);1H. The van der Waals surface area contributed by atoms with E-state index in [9.17, 15) is 8.42 Å². The Morgan fingerprint density at radius 1 is 1.16 bits per heavy atom. The molecule has 0 amide bonds. The van der Waals surface area contributed by atoms with E-state index in [1.165, 1.54) is 36.9 Å². The van der Waals surface area contributed by atoms with Gasteiger partial charge in [-0.3, -0.25) is 4.90 Å². The molecule has 1 fully saturated rings. The summed E-state index contributed by atoms with van der Waals surface area (Å²) >= 11 is 0. The first-order valence-electron chi connectivity index (χ1n) is 11.2. The van der Waals surface area contributed by atoms with Gasteiger partial charge in [-0.2, -0.15) is 0 Å². The van der Waals surface area contributed by atoms with Crippen molar-refractivity contribution < 1.29 is 8.42 Å². The number of benzene rings is 1. The summed E-state index contributed by atoms with van der Waals surface area (Å²) in [5.74, 6) is 2.45. The topological polar surface area (TPSA) is 73.8 Å². The van der Waals surface area contributed by atoms with Crippen LogP contribution in [0.25, 0.3) is 0 Å². The molecule has 0 saturated carbocycles. The largest absolute Gasteiger partial charge is 0.357 e. The van der Waals surface area contributed by atoms with Gasteiger partial charge in [-0.15, -0.1) is 24.0 Å². The Labute approximate surface area is 206 Å². The average Bonchev–Trinajstić information content (AvgIpc) is 2.64. The number of aliphatic imine (C=N–C) groups is 1. The van der Waals surface area contributed by atoms with Gasteiger partial charge in [0.2, 0.25) is 0 Å². The normalized spacial score (nSPS) is 21.3. The van der Waals surface area contributed by atoms with Gasteiger partial charge in [-0.05, 0) is 49.7 Å². The Kier molecular flexibility index (Phi) is 12.4. The summed E-state index contributed by atoms with van der Waals surface area (Å²) in [5.41, 5.74) is 2.52. The first kappa shape index (κ1) is 28.2. The van der Waals surface area contributed by atoms with Crippen molar-refractivity contribution >= 4 is 39.8 Å². The van der Waals surface area contributed by atoms with Crippen LogP contribution in [0.1, 0.15) is 51.7 Å². The molecule has 3 unspecified atom stereocenters. The molecule has 2 rings (SSSR count). The van der Waals surface area contributed by atoms with E-state index < -0.39 is 9.84 Å². The number of sulfone groups is 1. The highest BCUT2D eigenvalue weighted by molar-refractivity contribution is 14.0. The molecule has 6 nitrogen and oxygen atoms in total. The second-order valence-electron chi connectivity index (χ2n) is 9.12. The lowest BCUT2D eigenvalue weighted by molar-refractivity contribution is 0.134. The molecule has 3 atom stereocenters. The summed E-state index contributed by atoms with van der Waals surface area (Å²) < 4.78 is 22.7. The van der Waals surface area contributed by atoms with Gasteiger partial charge in [-0.25, -0.2) is 13.4 Å². The zero-order valence-corrected chi connectivity index (χ0v) is 22.9. The van der Waals surface area contributed by atoms with Crippen molar-refractivity contribution in [2.45, 2.75) is 59.7 Å². The molecule has 1 heterocycles. The minimum absolute atomic E-state index is 0. The maximum Gasteiger partial charge on any atom is 0.191 e. The maximum absolute atomic E-state index is 11.4. The number of guanidine groups is 1. The number of piperidine rings is 1. The van der Waals surface area contributed by atoms with Crippen molar-refractivity contribution in [3.05, 3.63) is 35.4 Å². The predicted molar refractivity (Wildman–Crippen MR) is 142 cm³/mol. The third-order valence-corrected chi connectivity index (χ3v) is 6.42. The lowest BCUT2D eigenvalue weighted by Crippen LogP contribution is -2.42. The highest BCUT2D eigenvalue weighted by Gasteiger charge is 2.21. The minimum Gasteiger partial charge on any atom is -0.357 e. The number of nitrogens with zero attached hydrogens (tertiary/aromatic N) is 2. The molecule has 2 N–H and O–H groups in total. The lowest BCUT2D eigenvalue weighted by atomic mass is 9.91.